The van der Waals surface area contributed by atoms with Crippen molar-refractivity contribution in [3.05, 3.63) is 18.0 Å². The highest BCUT2D eigenvalue weighted by Crippen LogP contribution is 2.14. The lowest BCUT2D eigenvalue weighted by molar-refractivity contribution is 0.0904. The number of hydrogen-bond acceptors (Lipinski definition) is 3. The number of urea groups is 1. The van der Waals surface area contributed by atoms with E-state index >= 15 is 0 Å². The molecule has 2 N–H and O–H groups in total. The molecule has 0 bridgehead atoms. The normalized spacial score (nSPS) is 16.3. The summed E-state index contributed by atoms with van der Waals surface area (Å²) in [5.41, 5.74) is 0.343. The molecule has 1 fully saturated rings. The summed E-state index contributed by atoms with van der Waals surface area (Å²) in [5.74, 6) is -0.0983. The molecule has 3 amide bonds. The van der Waals surface area contributed by atoms with E-state index in [-0.39, 0.29) is 29.6 Å². The highest BCUT2D eigenvalue weighted by molar-refractivity contribution is 5.92. The maximum Gasteiger partial charge on any atom is 0.317 e. The van der Waals surface area contributed by atoms with Crippen LogP contribution in [0.3, 0.4) is 0 Å². The molecule has 0 radical (unpaired) electrons. The lowest BCUT2D eigenvalue weighted by atomic mass is 10.0. The monoisotopic (exact) mass is 335 g/mol. The van der Waals surface area contributed by atoms with Crippen LogP contribution in [0, 0.1) is 0 Å². The van der Waals surface area contributed by atoms with Crippen molar-refractivity contribution in [2.45, 2.75) is 65.1 Å². The zero-order valence-corrected chi connectivity index (χ0v) is 15.3. The summed E-state index contributed by atoms with van der Waals surface area (Å²) in [7, 11) is 0. The summed E-state index contributed by atoms with van der Waals surface area (Å²) in [5, 5.41) is 10.2. The van der Waals surface area contributed by atoms with Gasteiger partial charge in [-0.15, -0.1) is 0 Å². The van der Waals surface area contributed by atoms with Gasteiger partial charge in [-0.1, -0.05) is 0 Å². The molecule has 24 heavy (non-hydrogen) atoms. The first-order valence-electron chi connectivity index (χ1n) is 8.59. The Balaban J connectivity index is 1.86. The van der Waals surface area contributed by atoms with E-state index in [0.717, 1.165) is 12.8 Å². The Labute approximate surface area is 143 Å². The van der Waals surface area contributed by atoms with Gasteiger partial charge in [0.2, 0.25) is 0 Å². The van der Waals surface area contributed by atoms with Crippen molar-refractivity contribution in [2.75, 3.05) is 13.1 Å². The van der Waals surface area contributed by atoms with Gasteiger partial charge in [-0.05, 0) is 53.5 Å². The van der Waals surface area contributed by atoms with Crippen LogP contribution in [-0.2, 0) is 0 Å². The van der Waals surface area contributed by atoms with Gasteiger partial charge in [-0.2, -0.15) is 5.10 Å². The Morgan fingerprint density at radius 2 is 1.88 bits per heavy atom. The number of piperidine rings is 1. The highest BCUT2D eigenvalue weighted by Gasteiger charge is 2.26. The van der Waals surface area contributed by atoms with E-state index in [1.54, 1.807) is 16.9 Å². The highest BCUT2D eigenvalue weighted by atomic mass is 16.2. The van der Waals surface area contributed by atoms with Crippen molar-refractivity contribution in [3.8, 4) is 0 Å². The molecule has 7 heteroatoms. The molecule has 1 aromatic rings. The van der Waals surface area contributed by atoms with Gasteiger partial charge < -0.3 is 15.5 Å². The quantitative estimate of drug-likeness (QED) is 0.888. The minimum atomic E-state index is -0.239. The Morgan fingerprint density at radius 1 is 1.25 bits per heavy atom. The fourth-order valence-electron chi connectivity index (χ4n) is 2.79. The van der Waals surface area contributed by atoms with Crippen LogP contribution in [0.5, 0.6) is 0 Å². The maximum absolute atomic E-state index is 12.4. The Hall–Kier alpha value is -2.05. The minimum absolute atomic E-state index is 0.0369. The molecule has 2 heterocycles. The molecule has 0 spiro atoms. The lowest BCUT2D eigenvalue weighted by Crippen LogP contribution is -2.53. The van der Waals surface area contributed by atoms with E-state index in [0.29, 0.717) is 18.8 Å². The van der Waals surface area contributed by atoms with E-state index in [1.165, 1.54) is 0 Å². The van der Waals surface area contributed by atoms with Crippen LogP contribution in [0.2, 0.25) is 0 Å². The molecule has 1 saturated heterocycles. The van der Waals surface area contributed by atoms with Crippen molar-refractivity contribution >= 4 is 11.9 Å². The van der Waals surface area contributed by atoms with Gasteiger partial charge in [0.1, 0.15) is 5.69 Å². The topological polar surface area (TPSA) is 79.3 Å². The average molecular weight is 335 g/mol. The van der Waals surface area contributed by atoms with E-state index in [9.17, 15) is 9.59 Å². The number of amides is 3. The van der Waals surface area contributed by atoms with Gasteiger partial charge in [-0.3, -0.25) is 9.48 Å². The first-order valence-corrected chi connectivity index (χ1v) is 8.59. The van der Waals surface area contributed by atoms with Crippen molar-refractivity contribution in [3.63, 3.8) is 0 Å². The first kappa shape index (κ1) is 18.3. The molecule has 1 aromatic heterocycles. The number of rotatable bonds is 3. The molecular weight excluding hydrogens is 306 g/mol. The zero-order chi connectivity index (χ0) is 17.9. The number of nitrogens with one attached hydrogen (secondary N) is 2. The zero-order valence-electron chi connectivity index (χ0n) is 15.3. The van der Waals surface area contributed by atoms with Crippen molar-refractivity contribution in [1.29, 1.82) is 0 Å². The number of carbonyl (C=O) groups is 2. The van der Waals surface area contributed by atoms with Gasteiger partial charge >= 0.3 is 6.03 Å². The number of likely N-dealkylation sites (tertiary alicyclic amines) is 1. The Bertz CT molecular complexity index is 580. The van der Waals surface area contributed by atoms with Crippen LogP contribution in [0.15, 0.2) is 12.3 Å². The van der Waals surface area contributed by atoms with Crippen LogP contribution >= 0.6 is 0 Å². The summed E-state index contributed by atoms with van der Waals surface area (Å²) in [6.45, 7) is 11.2. The fourth-order valence-corrected chi connectivity index (χ4v) is 2.79. The lowest BCUT2D eigenvalue weighted by Gasteiger charge is -2.34. The number of aromatic nitrogens is 2. The second-order valence-electron chi connectivity index (χ2n) is 7.67. The minimum Gasteiger partial charge on any atom is -0.348 e. The Morgan fingerprint density at radius 3 is 2.42 bits per heavy atom. The molecule has 0 saturated carbocycles. The fraction of sp³-hybridized carbons (Fsp3) is 0.706. The summed E-state index contributed by atoms with van der Waals surface area (Å²) < 4.78 is 1.72. The smallest absolute Gasteiger partial charge is 0.317 e. The first-order chi connectivity index (χ1) is 11.2. The third kappa shape index (κ3) is 4.72. The third-order valence-corrected chi connectivity index (χ3v) is 3.99. The van der Waals surface area contributed by atoms with E-state index in [4.69, 9.17) is 0 Å². The van der Waals surface area contributed by atoms with Crippen LogP contribution in [0.25, 0.3) is 0 Å². The van der Waals surface area contributed by atoms with E-state index in [1.807, 2.05) is 39.5 Å². The molecule has 0 aromatic carbocycles. The second kappa shape index (κ2) is 7.23. The van der Waals surface area contributed by atoms with Crippen LogP contribution in [-0.4, -0.2) is 51.3 Å². The average Bonchev–Trinajstić information content (AvgIpc) is 2.96. The number of carbonyl (C=O) groups excluding carboxylic acids is 2. The number of nitrogens with zero attached hydrogens (tertiary/aromatic N) is 3. The molecule has 7 nitrogen and oxygen atoms in total. The maximum atomic E-state index is 12.4. The van der Waals surface area contributed by atoms with E-state index in [2.05, 4.69) is 15.7 Å². The van der Waals surface area contributed by atoms with Gasteiger partial charge in [0.05, 0.1) is 0 Å². The third-order valence-electron chi connectivity index (χ3n) is 3.99. The Kier molecular flexibility index (Phi) is 5.51. The van der Waals surface area contributed by atoms with Crippen molar-refractivity contribution in [2.24, 2.45) is 0 Å². The van der Waals surface area contributed by atoms with Crippen LogP contribution in [0.4, 0.5) is 4.79 Å². The summed E-state index contributed by atoms with van der Waals surface area (Å²) in [6.07, 6.45) is 3.17. The molecule has 1 aliphatic heterocycles. The standard InChI is InChI=1S/C17H29N5O2/c1-12(2)22-14(6-9-18-22)15(23)19-13-7-10-21(11-8-13)16(24)20-17(3,4)5/h6,9,12-13H,7-8,10-11H2,1-5H3,(H,19,23)(H,20,24). The van der Waals surface area contributed by atoms with Crippen LogP contribution in [0.1, 0.15) is 64.0 Å². The van der Waals surface area contributed by atoms with Gasteiger partial charge in [0, 0.05) is 36.9 Å². The van der Waals surface area contributed by atoms with Gasteiger partial charge in [0.25, 0.3) is 5.91 Å². The molecule has 1 aliphatic rings. The predicted molar refractivity (Wildman–Crippen MR) is 93.0 cm³/mol. The van der Waals surface area contributed by atoms with Crippen molar-refractivity contribution in [1.82, 2.24) is 25.3 Å². The van der Waals surface area contributed by atoms with Gasteiger partial charge in [0.15, 0.2) is 0 Å². The summed E-state index contributed by atoms with van der Waals surface area (Å²) in [4.78, 5) is 26.4. The summed E-state index contributed by atoms with van der Waals surface area (Å²) in [6, 6.07) is 1.93. The predicted octanol–water partition coefficient (Wildman–Crippen LogP) is 2.17. The SMILES string of the molecule is CC(C)n1nccc1C(=O)NC1CCN(C(=O)NC(C)(C)C)CC1. The largest absolute Gasteiger partial charge is 0.348 e. The van der Waals surface area contributed by atoms with E-state index < -0.39 is 0 Å². The molecule has 134 valence electrons. The molecule has 0 unspecified atom stereocenters. The molecule has 2 rings (SSSR count). The molecular formula is C17H29N5O2. The number of hydrogen-bond donors (Lipinski definition) is 2. The van der Waals surface area contributed by atoms with Crippen LogP contribution < -0.4 is 10.6 Å². The molecule has 0 aliphatic carbocycles. The second-order valence-corrected chi connectivity index (χ2v) is 7.67. The summed E-state index contributed by atoms with van der Waals surface area (Å²) >= 11 is 0. The van der Waals surface area contributed by atoms with Gasteiger partial charge in [-0.25, -0.2) is 4.79 Å². The molecule has 0 atom stereocenters. The van der Waals surface area contributed by atoms with Crippen molar-refractivity contribution < 1.29 is 9.59 Å².